The van der Waals surface area contributed by atoms with E-state index in [2.05, 4.69) is 48.7 Å². The zero-order valence-electron chi connectivity index (χ0n) is 16.9. The third-order valence-corrected chi connectivity index (χ3v) is 5.91. The van der Waals surface area contributed by atoms with Crippen LogP contribution in [0.2, 0.25) is 0 Å². The Hall–Kier alpha value is -1.56. The number of nitrogens with zero attached hydrogens (tertiary/aromatic N) is 1. The second-order valence-electron chi connectivity index (χ2n) is 7.01. The number of nitrogens with one attached hydrogen (secondary N) is 2. The molecule has 1 aromatic rings. The molecular formula is C20H35N3O2S. The predicted octanol–water partition coefficient (Wildman–Crippen LogP) is 3.12. The lowest BCUT2D eigenvalue weighted by atomic mass is 9.76. The van der Waals surface area contributed by atoms with E-state index in [0.29, 0.717) is 13.0 Å². The average molecular weight is 382 g/mol. The maximum absolute atomic E-state index is 11.4. The molecule has 26 heavy (non-hydrogen) atoms. The highest BCUT2D eigenvalue weighted by molar-refractivity contribution is 7.90. The topological polar surface area (TPSA) is 70.6 Å². The van der Waals surface area contributed by atoms with Gasteiger partial charge in [-0.25, -0.2) is 8.42 Å². The van der Waals surface area contributed by atoms with Gasteiger partial charge < -0.3 is 10.6 Å². The van der Waals surface area contributed by atoms with Gasteiger partial charge in [0.1, 0.15) is 9.84 Å². The monoisotopic (exact) mass is 381 g/mol. The van der Waals surface area contributed by atoms with Crippen LogP contribution < -0.4 is 10.6 Å². The summed E-state index contributed by atoms with van der Waals surface area (Å²) in [6.07, 6.45) is 3.87. The van der Waals surface area contributed by atoms with Gasteiger partial charge in [0.25, 0.3) is 0 Å². The number of hydrogen-bond acceptors (Lipinski definition) is 3. The Balaban J connectivity index is 2.88. The standard InChI is InChI=1S/C20H35N3O2S/c1-6-20(7-2,18-12-10-9-11-13-18)16-22-19(21-8-3)23-17(4)14-15-26(5,24)25/h9-13,17H,6-8,14-16H2,1-5H3,(H2,21,22,23). The number of rotatable bonds is 10. The Morgan fingerprint density at radius 2 is 1.77 bits per heavy atom. The summed E-state index contributed by atoms with van der Waals surface area (Å²) in [5, 5.41) is 6.61. The van der Waals surface area contributed by atoms with Crippen molar-refractivity contribution in [1.82, 2.24) is 10.6 Å². The highest BCUT2D eigenvalue weighted by Gasteiger charge is 2.28. The maximum atomic E-state index is 11.4. The molecular weight excluding hydrogens is 346 g/mol. The molecule has 6 heteroatoms. The molecule has 5 nitrogen and oxygen atoms in total. The van der Waals surface area contributed by atoms with Gasteiger partial charge in [0.2, 0.25) is 0 Å². The number of benzene rings is 1. The predicted molar refractivity (Wildman–Crippen MR) is 112 cm³/mol. The fourth-order valence-corrected chi connectivity index (χ4v) is 3.79. The zero-order chi connectivity index (χ0) is 19.6. The van der Waals surface area contributed by atoms with Crippen molar-refractivity contribution in [2.75, 3.05) is 25.1 Å². The molecule has 0 amide bonds. The molecule has 1 atom stereocenters. The smallest absolute Gasteiger partial charge is 0.191 e. The highest BCUT2D eigenvalue weighted by atomic mass is 32.2. The quantitative estimate of drug-likeness (QED) is 0.482. The minimum atomic E-state index is -2.95. The lowest BCUT2D eigenvalue weighted by Gasteiger charge is -2.31. The molecule has 1 unspecified atom stereocenters. The van der Waals surface area contributed by atoms with Crippen LogP contribution in [0, 0.1) is 0 Å². The van der Waals surface area contributed by atoms with Crippen LogP contribution in [0.4, 0.5) is 0 Å². The van der Waals surface area contributed by atoms with E-state index in [1.54, 1.807) is 0 Å². The number of guanidine groups is 1. The molecule has 1 rings (SSSR count). The number of aliphatic imine (C=N–C) groups is 1. The summed E-state index contributed by atoms with van der Waals surface area (Å²) >= 11 is 0. The molecule has 1 aromatic carbocycles. The van der Waals surface area contributed by atoms with Crippen molar-refractivity contribution >= 4 is 15.8 Å². The van der Waals surface area contributed by atoms with Gasteiger partial charge in [-0.2, -0.15) is 0 Å². The minimum absolute atomic E-state index is 0.0135. The molecule has 0 aliphatic rings. The Kier molecular flexibility index (Phi) is 9.13. The van der Waals surface area contributed by atoms with Crippen LogP contribution in [0.1, 0.15) is 52.5 Å². The van der Waals surface area contributed by atoms with Crippen LogP contribution >= 0.6 is 0 Å². The van der Waals surface area contributed by atoms with Crippen molar-refractivity contribution in [1.29, 1.82) is 0 Å². The summed E-state index contributed by atoms with van der Waals surface area (Å²) in [4.78, 5) is 4.83. The molecule has 2 N–H and O–H groups in total. The van der Waals surface area contributed by atoms with Crippen LogP contribution in [0.15, 0.2) is 35.3 Å². The van der Waals surface area contributed by atoms with Crippen LogP contribution in [-0.4, -0.2) is 45.5 Å². The fraction of sp³-hybridized carbons (Fsp3) is 0.650. The van der Waals surface area contributed by atoms with Crippen molar-refractivity contribution in [2.45, 2.75) is 58.4 Å². The molecule has 0 fully saturated rings. The van der Waals surface area contributed by atoms with Crippen molar-refractivity contribution in [3.63, 3.8) is 0 Å². The minimum Gasteiger partial charge on any atom is -0.357 e. The summed E-state index contributed by atoms with van der Waals surface area (Å²) in [6, 6.07) is 10.6. The van der Waals surface area contributed by atoms with E-state index in [1.807, 2.05) is 19.9 Å². The molecule has 0 aromatic heterocycles. The van der Waals surface area contributed by atoms with Gasteiger partial charge in [-0.1, -0.05) is 44.2 Å². The molecule has 0 spiro atoms. The second kappa shape index (κ2) is 10.6. The van der Waals surface area contributed by atoms with E-state index < -0.39 is 9.84 Å². The van der Waals surface area contributed by atoms with E-state index >= 15 is 0 Å². The largest absolute Gasteiger partial charge is 0.357 e. The zero-order valence-corrected chi connectivity index (χ0v) is 17.7. The van der Waals surface area contributed by atoms with Crippen molar-refractivity contribution in [2.24, 2.45) is 4.99 Å². The van der Waals surface area contributed by atoms with Crippen LogP contribution in [0.3, 0.4) is 0 Å². The normalized spacial score (nSPS) is 14.1. The Morgan fingerprint density at radius 1 is 1.15 bits per heavy atom. The van der Waals surface area contributed by atoms with Crippen LogP contribution in [-0.2, 0) is 15.3 Å². The van der Waals surface area contributed by atoms with E-state index in [1.165, 1.54) is 11.8 Å². The highest BCUT2D eigenvalue weighted by Crippen LogP contribution is 2.31. The van der Waals surface area contributed by atoms with Crippen molar-refractivity contribution in [3.8, 4) is 0 Å². The van der Waals surface area contributed by atoms with E-state index in [9.17, 15) is 8.42 Å². The fourth-order valence-electron chi connectivity index (χ4n) is 3.01. The molecule has 0 heterocycles. The third-order valence-electron chi connectivity index (χ3n) is 4.93. The maximum Gasteiger partial charge on any atom is 0.191 e. The first kappa shape index (κ1) is 22.5. The molecule has 0 saturated carbocycles. The van der Waals surface area contributed by atoms with Gasteiger partial charge in [0.05, 0.1) is 12.3 Å². The third kappa shape index (κ3) is 7.36. The summed E-state index contributed by atoms with van der Waals surface area (Å²) in [7, 11) is -2.95. The molecule has 148 valence electrons. The SMILES string of the molecule is CCNC(=NCC(CC)(CC)c1ccccc1)NC(C)CCS(C)(=O)=O. The average Bonchev–Trinajstić information content (AvgIpc) is 2.62. The van der Waals surface area contributed by atoms with Crippen molar-refractivity contribution in [3.05, 3.63) is 35.9 Å². The second-order valence-corrected chi connectivity index (χ2v) is 9.27. The summed E-state index contributed by atoms with van der Waals surface area (Å²) in [5.74, 6) is 0.925. The Morgan fingerprint density at radius 3 is 2.27 bits per heavy atom. The van der Waals surface area contributed by atoms with Gasteiger partial charge in [0.15, 0.2) is 5.96 Å². The van der Waals surface area contributed by atoms with E-state index in [4.69, 9.17) is 4.99 Å². The molecule has 0 radical (unpaired) electrons. The molecule has 0 saturated heterocycles. The van der Waals surface area contributed by atoms with Gasteiger partial charge >= 0.3 is 0 Å². The summed E-state index contributed by atoms with van der Waals surface area (Å²) in [6.45, 7) is 9.89. The van der Waals surface area contributed by atoms with Crippen LogP contribution in [0.25, 0.3) is 0 Å². The Bertz CT molecular complexity index is 653. The van der Waals surface area contributed by atoms with Crippen LogP contribution in [0.5, 0.6) is 0 Å². The first-order chi connectivity index (χ1) is 12.3. The lowest BCUT2D eigenvalue weighted by Crippen LogP contribution is -2.43. The Labute approximate surface area is 159 Å². The number of hydrogen-bond donors (Lipinski definition) is 2. The van der Waals surface area contributed by atoms with E-state index in [-0.39, 0.29) is 17.2 Å². The first-order valence-electron chi connectivity index (χ1n) is 9.54. The van der Waals surface area contributed by atoms with Gasteiger partial charge in [-0.05, 0) is 38.7 Å². The van der Waals surface area contributed by atoms with Gasteiger partial charge in [-0.3, -0.25) is 4.99 Å². The summed E-state index contributed by atoms with van der Waals surface area (Å²) < 4.78 is 22.7. The summed E-state index contributed by atoms with van der Waals surface area (Å²) in [5.41, 5.74) is 1.33. The van der Waals surface area contributed by atoms with Crippen molar-refractivity contribution < 1.29 is 8.42 Å². The first-order valence-corrected chi connectivity index (χ1v) is 11.6. The lowest BCUT2D eigenvalue weighted by molar-refractivity contribution is 0.406. The van der Waals surface area contributed by atoms with Gasteiger partial charge in [0, 0.05) is 24.3 Å². The van der Waals surface area contributed by atoms with E-state index in [0.717, 1.165) is 25.3 Å². The molecule has 0 aliphatic heterocycles. The van der Waals surface area contributed by atoms with Gasteiger partial charge in [-0.15, -0.1) is 0 Å². The number of sulfone groups is 1. The molecule has 0 bridgehead atoms. The molecule has 0 aliphatic carbocycles.